The summed E-state index contributed by atoms with van der Waals surface area (Å²) in [6, 6.07) is 26.8. The highest BCUT2D eigenvalue weighted by Crippen LogP contribution is 2.27. The van der Waals surface area contributed by atoms with Crippen molar-refractivity contribution in [1.82, 2.24) is 0 Å². The van der Waals surface area contributed by atoms with Crippen molar-refractivity contribution < 1.29 is 0 Å². The van der Waals surface area contributed by atoms with Crippen LogP contribution in [0.1, 0.15) is 27.8 Å². The lowest BCUT2D eigenvalue weighted by molar-refractivity contribution is 1.42. The van der Waals surface area contributed by atoms with Gasteiger partial charge in [-0.15, -0.1) is 0 Å². The third-order valence-electron chi connectivity index (χ3n) is 3.88. The number of hydrogen-bond donors (Lipinski definition) is 0. The average Bonchev–Trinajstić information content (AvgIpc) is 2.60. The Morgan fingerprint density at radius 3 is 1.67 bits per heavy atom. The normalized spacial score (nSPS) is 10.1. The van der Waals surface area contributed by atoms with Crippen LogP contribution in [-0.4, -0.2) is 0 Å². The van der Waals surface area contributed by atoms with Gasteiger partial charge in [0.1, 0.15) is 0 Å². The first kappa shape index (κ1) is 16.3. The van der Waals surface area contributed by atoms with Crippen molar-refractivity contribution in [3.8, 4) is 0 Å². The summed E-state index contributed by atoms with van der Waals surface area (Å²) in [7, 11) is 0. The van der Waals surface area contributed by atoms with E-state index in [1.807, 2.05) is 30.3 Å². The van der Waals surface area contributed by atoms with E-state index in [9.17, 15) is 0 Å². The predicted molar refractivity (Wildman–Crippen MR) is 104 cm³/mol. The second-order valence-corrected chi connectivity index (χ2v) is 6.30. The maximum Gasteiger partial charge on any atom is 0.0903 e. The van der Waals surface area contributed by atoms with E-state index in [1.54, 1.807) is 0 Å². The van der Waals surface area contributed by atoms with Crippen molar-refractivity contribution >= 4 is 22.2 Å². The standard InChI is InChI=1S/C23H19Cl/c1-17-8-6-12-20(14-17)22(21-13-7-9-18(2)15-21)16-23(24)19-10-4-3-5-11-19/h3-15H,1-2H3. The second kappa shape index (κ2) is 7.36. The first-order chi connectivity index (χ1) is 11.6. The Bertz CT molecular complexity index is 866. The van der Waals surface area contributed by atoms with Gasteiger partial charge in [-0.1, -0.05) is 107 Å². The van der Waals surface area contributed by atoms with Gasteiger partial charge in [0.2, 0.25) is 0 Å². The lowest BCUT2D eigenvalue weighted by Gasteiger charge is -2.08. The van der Waals surface area contributed by atoms with Crippen LogP contribution in [0.15, 0.2) is 84.6 Å². The highest BCUT2D eigenvalue weighted by Gasteiger charge is 2.07. The Morgan fingerprint density at radius 2 is 1.17 bits per heavy atom. The summed E-state index contributed by atoms with van der Waals surface area (Å²) >= 11 is 6.57. The van der Waals surface area contributed by atoms with Crippen LogP contribution in [0.2, 0.25) is 0 Å². The molecule has 0 nitrogen and oxygen atoms in total. The minimum Gasteiger partial charge on any atom is -0.0907 e. The molecule has 3 aromatic rings. The Balaban J connectivity index is 2.24. The monoisotopic (exact) mass is 330 g/mol. The molecule has 0 bridgehead atoms. The SMILES string of the molecule is Cc1cccc(C(=C=C(Cl)c2ccccc2)c2cccc(C)c2)c1. The molecule has 0 fully saturated rings. The molecule has 0 aliphatic carbocycles. The molecule has 1 heteroatoms. The molecular formula is C23H19Cl. The van der Waals surface area contributed by atoms with Crippen molar-refractivity contribution in [2.24, 2.45) is 0 Å². The molecular weight excluding hydrogens is 312 g/mol. The molecule has 0 unspecified atom stereocenters. The summed E-state index contributed by atoms with van der Waals surface area (Å²) in [5.41, 5.74) is 10.1. The molecule has 3 aromatic carbocycles. The van der Waals surface area contributed by atoms with Gasteiger partial charge in [-0.25, -0.2) is 0 Å². The zero-order valence-electron chi connectivity index (χ0n) is 13.9. The van der Waals surface area contributed by atoms with E-state index in [2.05, 4.69) is 68.1 Å². The molecule has 0 atom stereocenters. The van der Waals surface area contributed by atoms with Crippen molar-refractivity contribution in [2.75, 3.05) is 0 Å². The van der Waals surface area contributed by atoms with E-state index >= 15 is 0 Å². The Morgan fingerprint density at radius 1 is 0.667 bits per heavy atom. The van der Waals surface area contributed by atoms with Gasteiger partial charge in [0, 0.05) is 11.1 Å². The highest BCUT2D eigenvalue weighted by atomic mass is 35.5. The van der Waals surface area contributed by atoms with E-state index in [4.69, 9.17) is 11.6 Å². The van der Waals surface area contributed by atoms with Gasteiger partial charge in [0.15, 0.2) is 0 Å². The quantitative estimate of drug-likeness (QED) is 0.474. The molecule has 0 spiro atoms. The fraction of sp³-hybridized carbons (Fsp3) is 0.0870. The molecule has 0 aromatic heterocycles. The summed E-state index contributed by atoms with van der Waals surface area (Å²) < 4.78 is 0. The third-order valence-corrected chi connectivity index (χ3v) is 4.19. The number of benzene rings is 3. The topological polar surface area (TPSA) is 0 Å². The van der Waals surface area contributed by atoms with Gasteiger partial charge in [-0.3, -0.25) is 0 Å². The van der Waals surface area contributed by atoms with E-state index in [1.165, 1.54) is 11.1 Å². The molecule has 0 saturated carbocycles. The number of aryl methyl sites for hydroxylation is 2. The maximum absolute atomic E-state index is 6.57. The van der Waals surface area contributed by atoms with Crippen molar-refractivity contribution in [3.05, 3.63) is 112 Å². The first-order valence-electron chi connectivity index (χ1n) is 7.99. The average molecular weight is 331 g/mol. The zero-order chi connectivity index (χ0) is 16.9. The second-order valence-electron chi connectivity index (χ2n) is 5.92. The van der Waals surface area contributed by atoms with Crippen molar-refractivity contribution in [2.45, 2.75) is 13.8 Å². The maximum atomic E-state index is 6.57. The number of hydrogen-bond acceptors (Lipinski definition) is 0. The molecule has 0 saturated heterocycles. The predicted octanol–water partition coefficient (Wildman–Crippen LogP) is 6.61. The fourth-order valence-electron chi connectivity index (χ4n) is 2.68. The molecule has 0 N–H and O–H groups in total. The first-order valence-corrected chi connectivity index (χ1v) is 8.37. The van der Waals surface area contributed by atoms with Gasteiger partial charge < -0.3 is 0 Å². The van der Waals surface area contributed by atoms with Gasteiger partial charge >= 0.3 is 0 Å². The van der Waals surface area contributed by atoms with Gasteiger partial charge in [0.25, 0.3) is 0 Å². The molecule has 0 radical (unpaired) electrons. The Hall–Kier alpha value is -2.53. The van der Waals surface area contributed by atoms with Crippen LogP contribution < -0.4 is 0 Å². The number of halogens is 1. The van der Waals surface area contributed by atoms with E-state index in [-0.39, 0.29) is 0 Å². The minimum atomic E-state index is 0.619. The molecule has 0 heterocycles. The van der Waals surface area contributed by atoms with E-state index in [0.29, 0.717) is 5.03 Å². The molecule has 0 aliphatic heterocycles. The summed E-state index contributed by atoms with van der Waals surface area (Å²) in [4.78, 5) is 0. The van der Waals surface area contributed by atoms with Crippen molar-refractivity contribution in [3.63, 3.8) is 0 Å². The van der Waals surface area contributed by atoms with Crippen LogP contribution in [-0.2, 0) is 0 Å². The number of rotatable bonds is 3. The smallest absolute Gasteiger partial charge is 0.0903 e. The summed E-state index contributed by atoms with van der Waals surface area (Å²) in [6.45, 7) is 4.19. The molecule has 0 amide bonds. The van der Waals surface area contributed by atoms with E-state index in [0.717, 1.165) is 22.3 Å². The van der Waals surface area contributed by atoms with Crippen molar-refractivity contribution in [1.29, 1.82) is 0 Å². The summed E-state index contributed by atoms with van der Waals surface area (Å²) in [5.74, 6) is 0. The van der Waals surface area contributed by atoms with Crippen LogP contribution in [0, 0.1) is 13.8 Å². The van der Waals surface area contributed by atoms with Gasteiger partial charge in [-0.05, 0) is 25.0 Å². The Kier molecular flexibility index (Phi) is 5.01. The zero-order valence-corrected chi connectivity index (χ0v) is 14.6. The fourth-order valence-corrected chi connectivity index (χ4v) is 2.90. The largest absolute Gasteiger partial charge is 0.0907 e. The summed E-state index contributed by atoms with van der Waals surface area (Å²) in [6.07, 6.45) is 0. The molecule has 118 valence electrons. The van der Waals surface area contributed by atoms with Crippen LogP contribution in [0.4, 0.5) is 0 Å². The van der Waals surface area contributed by atoms with Crippen LogP contribution in [0.5, 0.6) is 0 Å². The van der Waals surface area contributed by atoms with Crippen LogP contribution >= 0.6 is 11.6 Å². The molecule has 3 rings (SSSR count). The molecule has 24 heavy (non-hydrogen) atoms. The van der Waals surface area contributed by atoms with Crippen LogP contribution in [0.25, 0.3) is 10.6 Å². The minimum absolute atomic E-state index is 0.619. The van der Waals surface area contributed by atoms with Gasteiger partial charge in [0.05, 0.1) is 5.03 Å². The highest BCUT2D eigenvalue weighted by molar-refractivity contribution is 6.48. The molecule has 0 aliphatic rings. The lowest BCUT2D eigenvalue weighted by Crippen LogP contribution is -1.89. The van der Waals surface area contributed by atoms with Gasteiger partial charge in [-0.2, -0.15) is 0 Å². The lowest BCUT2D eigenvalue weighted by atomic mass is 9.96. The summed E-state index contributed by atoms with van der Waals surface area (Å²) in [5, 5.41) is 0.619. The third kappa shape index (κ3) is 3.86. The van der Waals surface area contributed by atoms with Crippen LogP contribution in [0.3, 0.4) is 0 Å². The van der Waals surface area contributed by atoms with E-state index < -0.39 is 0 Å². The Labute approximate surface area is 148 Å².